The number of nitro groups is 1. The van der Waals surface area contributed by atoms with Crippen molar-refractivity contribution >= 4 is 17.4 Å². The summed E-state index contributed by atoms with van der Waals surface area (Å²) in [5.41, 5.74) is -0.259. The van der Waals surface area contributed by atoms with Gasteiger partial charge in [-0.15, -0.1) is 13.2 Å². The Hall–Kier alpha value is -2.50. The Labute approximate surface area is 117 Å². The number of nitro benzene ring substituents is 1. The predicted molar refractivity (Wildman–Crippen MR) is 74.7 cm³/mol. The summed E-state index contributed by atoms with van der Waals surface area (Å²) < 4.78 is 4.49. The molecule has 0 N–H and O–H groups in total. The number of rotatable bonds is 5. The smallest absolute Gasteiger partial charge is 0.344 e. The number of methoxy groups -OCH3 is 1. The highest BCUT2D eigenvalue weighted by atomic mass is 16.6. The Bertz CT molecular complexity index is 510. The molecule has 6 heteroatoms. The summed E-state index contributed by atoms with van der Waals surface area (Å²) in [7, 11) is 1.15. The second-order valence-corrected chi connectivity index (χ2v) is 3.63. The second kappa shape index (κ2) is 8.58. The number of benzene rings is 1. The molecule has 1 aromatic carbocycles. The minimum absolute atomic E-state index is 0.0579. The molecule has 108 valence electrons. The topological polar surface area (TPSA) is 86.5 Å². The first kappa shape index (κ1) is 17.5. The number of ether oxygens (including phenoxy) is 1. The lowest BCUT2D eigenvalue weighted by Crippen LogP contribution is -2.10. The van der Waals surface area contributed by atoms with Crippen LogP contribution in [0.25, 0.3) is 0 Å². The summed E-state index contributed by atoms with van der Waals surface area (Å²) in [6.07, 6.45) is 0.233. The van der Waals surface area contributed by atoms with Crippen LogP contribution in [-0.2, 0) is 16.0 Å². The molecule has 0 fully saturated rings. The molecule has 1 aromatic rings. The van der Waals surface area contributed by atoms with Crippen LogP contribution in [0.2, 0.25) is 0 Å². The quantitative estimate of drug-likeness (QED) is 0.358. The summed E-state index contributed by atoms with van der Waals surface area (Å²) in [5, 5.41) is 11.0. The number of hydrogen-bond donors (Lipinski definition) is 0. The SMILES string of the molecule is C=C.CCC(=O)Cc1cccc(C(=O)OC)c1[N+](=O)[O-]. The molecule has 0 aliphatic carbocycles. The Morgan fingerprint density at radius 2 is 1.95 bits per heavy atom. The average molecular weight is 279 g/mol. The van der Waals surface area contributed by atoms with Crippen molar-refractivity contribution in [2.45, 2.75) is 19.8 Å². The molecule has 0 amide bonds. The Kier molecular flexibility index (Phi) is 7.50. The first-order valence-corrected chi connectivity index (χ1v) is 5.87. The van der Waals surface area contributed by atoms with Crippen molar-refractivity contribution in [2.24, 2.45) is 0 Å². The lowest BCUT2D eigenvalue weighted by molar-refractivity contribution is -0.385. The summed E-state index contributed by atoms with van der Waals surface area (Å²) in [6.45, 7) is 7.68. The summed E-state index contributed by atoms with van der Waals surface area (Å²) in [6, 6.07) is 4.28. The molecule has 0 heterocycles. The van der Waals surface area contributed by atoms with Crippen molar-refractivity contribution in [1.82, 2.24) is 0 Å². The van der Waals surface area contributed by atoms with Crippen molar-refractivity contribution in [2.75, 3.05) is 7.11 Å². The minimum atomic E-state index is -0.785. The zero-order chi connectivity index (χ0) is 15.7. The van der Waals surface area contributed by atoms with E-state index < -0.39 is 10.9 Å². The van der Waals surface area contributed by atoms with Crippen molar-refractivity contribution < 1.29 is 19.2 Å². The summed E-state index contributed by atoms with van der Waals surface area (Å²) >= 11 is 0. The van der Waals surface area contributed by atoms with E-state index >= 15 is 0 Å². The fraction of sp³-hybridized carbons (Fsp3) is 0.286. The second-order valence-electron chi connectivity index (χ2n) is 3.63. The van der Waals surface area contributed by atoms with E-state index in [4.69, 9.17) is 0 Å². The van der Waals surface area contributed by atoms with Gasteiger partial charge in [0.1, 0.15) is 11.3 Å². The number of ketones is 1. The van der Waals surface area contributed by atoms with E-state index in [9.17, 15) is 19.7 Å². The number of Topliss-reactive ketones (excluding diaryl/α,β-unsaturated/α-hetero) is 1. The van der Waals surface area contributed by atoms with Crippen LogP contribution in [0, 0.1) is 10.1 Å². The number of nitrogens with zero attached hydrogens (tertiary/aromatic N) is 1. The third kappa shape index (κ3) is 4.31. The van der Waals surface area contributed by atoms with Gasteiger partial charge in [0.2, 0.25) is 0 Å². The van der Waals surface area contributed by atoms with Gasteiger partial charge >= 0.3 is 5.97 Å². The van der Waals surface area contributed by atoms with E-state index in [1.807, 2.05) is 0 Å². The molecule has 1 rings (SSSR count). The molecule has 0 saturated heterocycles. The fourth-order valence-electron chi connectivity index (χ4n) is 1.56. The Morgan fingerprint density at radius 1 is 1.35 bits per heavy atom. The van der Waals surface area contributed by atoms with Gasteiger partial charge < -0.3 is 4.74 Å². The Balaban J connectivity index is 0.00000172. The van der Waals surface area contributed by atoms with E-state index in [-0.39, 0.29) is 29.0 Å². The van der Waals surface area contributed by atoms with Crippen LogP contribution in [0.4, 0.5) is 5.69 Å². The van der Waals surface area contributed by atoms with Crippen LogP contribution < -0.4 is 0 Å². The standard InChI is InChI=1S/C12H13NO5.C2H4/c1-3-9(14)7-8-5-4-6-10(12(15)18-2)11(8)13(16)17;1-2/h4-6H,3,7H2,1-2H3;1-2H2. The molecule has 20 heavy (non-hydrogen) atoms. The number of carbonyl (C=O) groups is 2. The average Bonchev–Trinajstić information content (AvgIpc) is 2.47. The summed E-state index contributed by atoms with van der Waals surface area (Å²) in [5.74, 6) is -0.910. The van der Waals surface area contributed by atoms with Crippen molar-refractivity contribution in [3.05, 3.63) is 52.6 Å². The van der Waals surface area contributed by atoms with Gasteiger partial charge in [-0.2, -0.15) is 0 Å². The molecule has 0 aromatic heterocycles. The number of para-hydroxylation sites is 1. The van der Waals surface area contributed by atoms with Crippen LogP contribution in [0.15, 0.2) is 31.4 Å². The van der Waals surface area contributed by atoms with Gasteiger partial charge in [-0.25, -0.2) is 4.79 Å². The fourth-order valence-corrected chi connectivity index (χ4v) is 1.56. The van der Waals surface area contributed by atoms with Crippen LogP contribution in [0.3, 0.4) is 0 Å². The van der Waals surface area contributed by atoms with E-state index in [0.29, 0.717) is 6.42 Å². The largest absolute Gasteiger partial charge is 0.465 e. The van der Waals surface area contributed by atoms with Crippen LogP contribution in [-0.4, -0.2) is 23.8 Å². The molecule has 0 unspecified atom stereocenters. The molecule has 0 bridgehead atoms. The highest BCUT2D eigenvalue weighted by Gasteiger charge is 2.25. The van der Waals surface area contributed by atoms with Gasteiger partial charge in [0.05, 0.1) is 12.0 Å². The zero-order valence-corrected chi connectivity index (χ0v) is 11.5. The lowest BCUT2D eigenvalue weighted by atomic mass is 10.0. The summed E-state index contributed by atoms with van der Waals surface area (Å²) in [4.78, 5) is 33.2. The normalized spacial score (nSPS) is 9.10. The molecule has 0 atom stereocenters. The number of carbonyl (C=O) groups excluding carboxylic acids is 2. The van der Waals surface area contributed by atoms with E-state index in [0.717, 1.165) is 7.11 Å². The molecule has 0 aliphatic rings. The van der Waals surface area contributed by atoms with E-state index in [1.54, 1.807) is 6.92 Å². The van der Waals surface area contributed by atoms with Gasteiger partial charge in [-0.3, -0.25) is 14.9 Å². The number of esters is 1. The lowest BCUT2D eigenvalue weighted by Gasteiger charge is -2.05. The van der Waals surface area contributed by atoms with Gasteiger partial charge in [0.15, 0.2) is 0 Å². The maximum Gasteiger partial charge on any atom is 0.344 e. The maximum atomic E-state index is 11.4. The van der Waals surface area contributed by atoms with Crippen LogP contribution in [0.5, 0.6) is 0 Å². The highest BCUT2D eigenvalue weighted by molar-refractivity contribution is 5.95. The van der Waals surface area contributed by atoms with Gasteiger partial charge in [-0.1, -0.05) is 19.1 Å². The van der Waals surface area contributed by atoms with Crippen molar-refractivity contribution in [1.29, 1.82) is 0 Å². The highest BCUT2D eigenvalue weighted by Crippen LogP contribution is 2.25. The number of hydrogen-bond acceptors (Lipinski definition) is 5. The first-order chi connectivity index (χ1) is 9.51. The van der Waals surface area contributed by atoms with Gasteiger partial charge in [0, 0.05) is 18.4 Å². The first-order valence-electron chi connectivity index (χ1n) is 5.87. The van der Waals surface area contributed by atoms with Gasteiger partial charge in [-0.05, 0) is 6.07 Å². The zero-order valence-electron chi connectivity index (χ0n) is 11.5. The predicted octanol–water partition coefficient (Wildman–Crippen LogP) is 2.71. The molecular formula is C14H17NO5. The Morgan fingerprint density at radius 3 is 2.40 bits per heavy atom. The van der Waals surface area contributed by atoms with Crippen molar-refractivity contribution in [3.63, 3.8) is 0 Å². The molecular weight excluding hydrogens is 262 g/mol. The third-order valence-electron chi connectivity index (χ3n) is 2.49. The van der Waals surface area contributed by atoms with Gasteiger partial charge in [0.25, 0.3) is 5.69 Å². The third-order valence-corrected chi connectivity index (χ3v) is 2.49. The molecule has 0 spiro atoms. The van der Waals surface area contributed by atoms with Crippen LogP contribution >= 0.6 is 0 Å². The monoisotopic (exact) mass is 279 g/mol. The van der Waals surface area contributed by atoms with E-state index in [2.05, 4.69) is 17.9 Å². The maximum absolute atomic E-state index is 11.4. The molecule has 0 aliphatic heterocycles. The van der Waals surface area contributed by atoms with Crippen molar-refractivity contribution in [3.8, 4) is 0 Å². The molecule has 0 radical (unpaired) electrons. The van der Waals surface area contributed by atoms with Crippen LogP contribution in [0.1, 0.15) is 29.3 Å². The molecule has 0 saturated carbocycles. The minimum Gasteiger partial charge on any atom is -0.465 e. The van der Waals surface area contributed by atoms with E-state index in [1.165, 1.54) is 18.2 Å². The molecule has 6 nitrogen and oxygen atoms in total.